The van der Waals surface area contributed by atoms with Crippen molar-refractivity contribution in [2.45, 2.75) is 25.8 Å². The van der Waals surface area contributed by atoms with E-state index >= 15 is 0 Å². The Labute approximate surface area is 160 Å². The second-order valence-electron chi connectivity index (χ2n) is 7.98. The zero-order valence-corrected chi connectivity index (χ0v) is 16.1. The van der Waals surface area contributed by atoms with Crippen LogP contribution in [0.5, 0.6) is 11.5 Å². The van der Waals surface area contributed by atoms with Crippen molar-refractivity contribution in [2.75, 3.05) is 53.3 Å². The fourth-order valence-corrected chi connectivity index (χ4v) is 3.93. The van der Waals surface area contributed by atoms with Gasteiger partial charge in [0.2, 0.25) is 6.79 Å². The molecule has 0 N–H and O–H groups in total. The van der Waals surface area contributed by atoms with Gasteiger partial charge in [-0.25, -0.2) is 4.79 Å². The molecular formula is C20H28N2O5. The Morgan fingerprint density at radius 3 is 2.89 bits per heavy atom. The lowest BCUT2D eigenvalue weighted by atomic mass is 9.85. The average Bonchev–Trinajstić information content (AvgIpc) is 3.27. The third-order valence-electron chi connectivity index (χ3n) is 5.88. The number of carbonyl (C=O) groups is 1. The molecule has 7 heteroatoms. The Morgan fingerprint density at radius 2 is 2.15 bits per heavy atom. The van der Waals surface area contributed by atoms with E-state index in [1.807, 2.05) is 25.1 Å². The lowest BCUT2D eigenvalue weighted by Crippen LogP contribution is -2.45. The van der Waals surface area contributed by atoms with E-state index in [0.29, 0.717) is 12.0 Å². The predicted molar refractivity (Wildman–Crippen MR) is 99.2 cm³/mol. The molecule has 3 aliphatic heterocycles. The van der Waals surface area contributed by atoms with Crippen molar-refractivity contribution in [3.63, 3.8) is 0 Å². The Balaban J connectivity index is 1.20. The lowest BCUT2D eigenvalue weighted by molar-refractivity contribution is -0.105. The quantitative estimate of drug-likeness (QED) is 0.758. The zero-order chi connectivity index (χ0) is 18.9. The van der Waals surface area contributed by atoms with Gasteiger partial charge in [-0.2, -0.15) is 0 Å². The van der Waals surface area contributed by atoms with Crippen molar-refractivity contribution in [1.82, 2.24) is 9.80 Å². The van der Waals surface area contributed by atoms with Gasteiger partial charge < -0.3 is 23.8 Å². The van der Waals surface area contributed by atoms with Crippen LogP contribution in [0.25, 0.3) is 0 Å². The number of benzene rings is 1. The monoisotopic (exact) mass is 376 g/mol. The van der Waals surface area contributed by atoms with Crippen LogP contribution >= 0.6 is 0 Å². The molecule has 1 aromatic carbocycles. The third-order valence-corrected chi connectivity index (χ3v) is 5.88. The first-order valence-corrected chi connectivity index (χ1v) is 9.63. The summed E-state index contributed by atoms with van der Waals surface area (Å²) in [5, 5.41) is 0. The molecule has 2 fully saturated rings. The van der Waals surface area contributed by atoms with Gasteiger partial charge in [0, 0.05) is 31.6 Å². The highest BCUT2D eigenvalue weighted by molar-refractivity contribution is 5.67. The van der Waals surface area contributed by atoms with Gasteiger partial charge in [-0.15, -0.1) is 0 Å². The molecule has 0 aromatic heterocycles. The molecule has 27 heavy (non-hydrogen) atoms. The topological polar surface area (TPSA) is 60.5 Å². The van der Waals surface area contributed by atoms with Gasteiger partial charge in [0.15, 0.2) is 11.5 Å². The van der Waals surface area contributed by atoms with Gasteiger partial charge in [-0.05, 0) is 44.0 Å². The molecule has 1 amide bonds. The van der Waals surface area contributed by atoms with E-state index in [0.717, 1.165) is 56.3 Å². The van der Waals surface area contributed by atoms with Crippen LogP contribution in [0.4, 0.5) is 4.79 Å². The van der Waals surface area contributed by atoms with E-state index in [2.05, 4.69) is 4.90 Å². The van der Waals surface area contributed by atoms with Crippen LogP contribution in [0, 0.1) is 5.41 Å². The number of fused-ring (bicyclic) bond motifs is 1. The number of hydrogen-bond donors (Lipinski definition) is 0. The summed E-state index contributed by atoms with van der Waals surface area (Å²) >= 11 is 0. The van der Waals surface area contributed by atoms with E-state index in [-0.39, 0.29) is 18.9 Å². The number of ether oxygens (including phenoxy) is 4. The van der Waals surface area contributed by atoms with Crippen molar-refractivity contribution >= 4 is 6.09 Å². The number of rotatable bonds is 6. The summed E-state index contributed by atoms with van der Waals surface area (Å²) in [5.41, 5.74) is 1.48. The first-order valence-electron chi connectivity index (χ1n) is 9.63. The van der Waals surface area contributed by atoms with E-state index in [1.165, 1.54) is 6.42 Å². The van der Waals surface area contributed by atoms with Crippen LogP contribution in [-0.4, -0.2) is 75.2 Å². The average molecular weight is 376 g/mol. The molecule has 0 bridgehead atoms. The molecule has 1 atom stereocenters. The van der Waals surface area contributed by atoms with Gasteiger partial charge in [0.05, 0.1) is 13.2 Å². The summed E-state index contributed by atoms with van der Waals surface area (Å²) in [6.07, 6.45) is 1.65. The molecule has 0 unspecified atom stereocenters. The van der Waals surface area contributed by atoms with Crippen molar-refractivity contribution in [1.29, 1.82) is 0 Å². The third kappa shape index (κ3) is 3.99. The minimum absolute atomic E-state index is 0.0278. The summed E-state index contributed by atoms with van der Waals surface area (Å²) in [5.74, 6) is 1.54. The molecule has 0 saturated carbocycles. The maximum absolute atomic E-state index is 12.4. The van der Waals surface area contributed by atoms with Crippen molar-refractivity contribution < 1.29 is 23.7 Å². The van der Waals surface area contributed by atoms with Crippen LogP contribution in [-0.2, 0) is 15.9 Å². The molecule has 148 valence electrons. The summed E-state index contributed by atoms with van der Waals surface area (Å²) in [7, 11) is 1.79. The normalized spacial score (nSPS) is 21.1. The molecule has 4 rings (SSSR count). The fourth-order valence-electron chi connectivity index (χ4n) is 3.93. The molecule has 0 aliphatic carbocycles. The number of likely N-dealkylation sites (tertiary alicyclic amines) is 1. The van der Waals surface area contributed by atoms with E-state index in [9.17, 15) is 4.79 Å². The van der Waals surface area contributed by atoms with Crippen LogP contribution in [0.15, 0.2) is 18.2 Å². The maximum Gasteiger partial charge on any atom is 0.409 e. The van der Waals surface area contributed by atoms with Crippen molar-refractivity contribution in [3.05, 3.63) is 23.8 Å². The second-order valence-corrected chi connectivity index (χ2v) is 7.98. The molecule has 2 saturated heterocycles. The summed E-state index contributed by atoms with van der Waals surface area (Å²) < 4.78 is 21.6. The van der Waals surface area contributed by atoms with Crippen LogP contribution in [0.3, 0.4) is 0 Å². The van der Waals surface area contributed by atoms with Crippen molar-refractivity contribution in [3.8, 4) is 11.5 Å². The minimum Gasteiger partial charge on any atom is -0.454 e. The highest BCUT2D eigenvalue weighted by Gasteiger charge is 2.44. The molecule has 1 aromatic rings. The summed E-state index contributed by atoms with van der Waals surface area (Å²) in [4.78, 5) is 16.4. The van der Waals surface area contributed by atoms with Crippen LogP contribution in [0.1, 0.15) is 18.9 Å². The molecule has 3 heterocycles. The van der Waals surface area contributed by atoms with Crippen molar-refractivity contribution in [2.24, 2.45) is 5.41 Å². The predicted octanol–water partition coefficient (Wildman–Crippen LogP) is 2.14. The maximum atomic E-state index is 12.4. The molecule has 3 aliphatic rings. The Hall–Kier alpha value is -1.99. The lowest BCUT2D eigenvalue weighted by Gasteiger charge is -2.37. The smallest absolute Gasteiger partial charge is 0.409 e. The van der Waals surface area contributed by atoms with E-state index in [1.54, 1.807) is 11.9 Å². The van der Waals surface area contributed by atoms with Gasteiger partial charge in [0.1, 0.15) is 6.61 Å². The van der Waals surface area contributed by atoms with Crippen LogP contribution < -0.4 is 9.47 Å². The molecule has 0 radical (unpaired) electrons. The Bertz CT molecular complexity index is 691. The number of carbonyl (C=O) groups excluding carboxylic acids is 1. The van der Waals surface area contributed by atoms with Gasteiger partial charge in [-0.1, -0.05) is 6.07 Å². The van der Waals surface area contributed by atoms with E-state index < -0.39 is 0 Å². The first kappa shape index (κ1) is 18.4. The van der Waals surface area contributed by atoms with Gasteiger partial charge in [0.25, 0.3) is 0 Å². The fraction of sp³-hybridized carbons (Fsp3) is 0.650. The zero-order valence-electron chi connectivity index (χ0n) is 16.1. The minimum atomic E-state index is -0.274. The van der Waals surface area contributed by atoms with Gasteiger partial charge >= 0.3 is 6.09 Å². The largest absolute Gasteiger partial charge is 0.454 e. The number of amides is 1. The van der Waals surface area contributed by atoms with Gasteiger partial charge in [-0.3, -0.25) is 4.90 Å². The number of nitrogens with zero attached hydrogens (tertiary/aromatic N) is 2. The first-order chi connectivity index (χ1) is 13.0. The Kier molecular flexibility index (Phi) is 5.14. The standard InChI is InChI=1S/C20H28N2O5/c1-15(9-16-3-4-17-18(10-16)27-14-26-17)21(2)19(23)25-8-7-22-6-5-20(11-22)12-24-13-20/h3-4,10,15H,5-9,11-14H2,1-2H3/t15-/m1/s1. The Morgan fingerprint density at radius 1 is 1.33 bits per heavy atom. The number of hydrogen-bond acceptors (Lipinski definition) is 6. The second kappa shape index (κ2) is 7.56. The van der Waals surface area contributed by atoms with Crippen LogP contribution in [0.2, 0.25) is 0 Å². The highest BCUT2D eigenvalue weighted by atomic mass is 16.7. The highest BCUT2D eigenvalue weighted by Crippen LogP contribution is 2.37. The SMILES string of the molecule is C[C@H](Cc1ccc2c(c1)OCO2)N(C)C(=O)OCCN1CCC2(COC2)C1. The summed E-state index contributed by atoms with van der Waals surface area (Å²) in [6.45, 7) is 7.39. The van der Waals surface area contributed by atoms with E-state index in [4.69, 9.17) is 18.9 Å². The molecule has 1 spiro atoms. The number of likely N-dealkylation sites (N-methyl/N-ethyl adjacent to an activating group) is 1. The molecular weight excluding hydrogens is 348 g/mol. The summed E-state index contributed by atoms with van der Waals surface area (Å²) in [6, 6.07) is 5.93. The molecule has 7 nitrogen and oxygen atoms in total.